The fraction of sp³-hybridized carbons (Fsp3) is 0.636. The largest absolute Gasteiger partial charge is 0.380 e. The number of halogens is 1. The molecule has 0 radical (unpaired) electrons. The van der Waals surface area contributed by atoms with Gasteiger partial charge in [-0.25, -0.2) is 0 Å². The molecule has 2 heterocycles. The summed E-state index contributed by atoms with van der Waals surface area (Å²) in [5.74, 6) is 0. The molecule has 1 aliphatic heterocycles. The van der Waals surface area contributed by atoms with Crippen LogP contribution in [-0.4, -0.2) is 37.7 Å². The van der Waals surface area contributed by atoms with Crippen LogP contribution in [0.2, 0.25) is 5.02 Å². The summed E-state index contributed by atoms with van der Waals surface area (Å²) in [6, 6.07) is 2.31. The number of ether oxygens (including phenoxy) is 1. The van der Waals surface area contributed by atoms with Gasteiger partial charge in [-0.15, -0.1) is 11.3 Å². The van der Waals surface area contributed by atoms with E-state index in [1.54, 1.807) is 11.3 Å². The van der Waals surface area contributed by atoms with E-state index in [2.05, 4.69) is 4.90 Å². The first-order valence-electron chi connectivity index (χ1n) is 5.57. The SMILES string of the molecule is NCC(c1cc(Cl)cs1)N1CCCOCC1. The van der Waals surface area contributed by atoms with E-state index < -0.39 is 0 Å². The van der Waals surface area contributed by atoms with Crippen LogP contribution in [-0.2, 0) is 4.74 Å². The number of hydrogen-bond acceptors (Lipinski definition) is 4. The molecule has 1 aromatic rings. The Kier molecular flexibility index (Phi) is 4.61. The molecule has 0 aromatic carbocycles. The molecule has 1 atom stereocenters. The fourth-order valence-electron chi connectivity index (χ4n) is 2.03. The summed E-state index contributed by atoms with van der Waals surface area (Å²) in [4.78, 5) is 3.66. The summed E-state index contributed by atoms with van der Waals surface area (Å²) in [5, 5.41) is 2.78. The average molecular weight is 261 g/mol. The zero-order chi connectivity index (χ0) is 11.4. The minimum absolute atomic E-state index is 0.291. The molecule has 1 unspecified atom stereocenters. The van der Waals surface area contributed by atoms with Gasteiger partial charge in [0.05, 0.1) is 17.7 Å². The monoisotopic (exact) mass is 260 g/mol. The van der Waals surface area contributed by atoms with E-state index in [9.17, 15) is 0 Å². The number of rotatable bonds is 3. The molecule has 2 rings (SSSR count). The maximum Gasteiger partial charge on any atom is 0.0593 e. The van der Waals surface area contributed by atoms with E-state index in [4.69, 9.17) is 22.1 Å². The molecule has 2 N–H and O–H groups in total. The number of nitrogens with two attached hydrogens (primary N) is 1. The van der Waals surface area contributed by atoms with Gasteiger partial charge < -0.3 is 10.5 Å². The molecule has 5 heteroatoms. The van der Waals surface area contributed by atoms with Crippen LogP contribution in [0.25, 0.3) is 0 Å². The van der Waals surface area contributed by atoms with Crippen LogP contribution in [0.5, 0.6) is 0 Å². The normalized spacial score (nSPS) is 20.6. The lowest BCUT2D eigenvalue weighted by atomic mass is 10.2. The van der Waals surface area contributed by atoms with Crippen molar-refractivity contribution in [3.63, 3.8) is 0 Å². The van der Waals surface area contributed by atoms with Gasteiger partial charge in [-0.3, -0.25) is 4.90 Å². The number of thiophene rings is 1. The van der Waals surface area contributed by atoms with Gasteiger partial charge in [0, 0.05) is 36.5 Å². The Hall–Kier alpha value is -0.130. The number of hydrogen-bond donors (Lipinski definition) is 1. The zero-order valence-electron chi connectivity index (χ0n) is 9.19. The summed E-state index contributed by atoms with van der Waals surface area (Å²) >= 11 is 7.65. The van der Waals surface area contributed by atoms with E-state index in [0.29, 0.717) is 12.6 Å². The molecule has 1 aromatic heterocycles. The minimum atomic E-state index is 0.291. The molecule has 3 nitrogen and oxygen atoms in total. The third kappa shape index (κ3) is 2.96. The van der Waals surface area contributed by atoms with Gasteiger partial charge in [0.2, 0.25) is 0 Å². The maximum absolute atomic E-state index is 5.96. The highest BCUT2D eigenvalue weighted by Gasteiger charge is 2.21. The molecule has 1 aliphatic rings. The van der Waals surface area contributed by atoms with Crippen LogP contribution >= 0.6 is 22.9 Å². The smallest absolute Gasteiger partial charge is 0.0593 e. The standard InChI is InChI=1S/C11H17ClN2OS/c12-9-6-11(16-8-9)10(7-13)14-2-1-4-15-5-3-14/h6,8,10H,1-5,7,13H2. The third-order valence-electron chi connectivity index (χ3n) is 2.84. The highest BCUT2D eigenvalue weighted by molar-refractivity contribution is 7.10. The molecule has 0 spiro atoms. The van der Waals surface area contributed by atoms with Crippen molar-refractivity contribution in [1.29, 1.82) is 0 Å². The van der Waals surface area contributed by atoms with Crippen molar-refractivity contribution in [2.24, 2.45) is 5.73 Å². The summed E-state index contributed by atoms with van der Waals surface area (Å²) in [6.07, 6.45) is 1.08. The molecule has 0 bridgehead atoms. The van der Waals surface area contributed by atoms with E-state index in [0.717, 1.165) is 37.7 Å². The lowest BCUT2D eigenvalue weighted by Crippen LogP contribution is -2.35. The summed E-state index contributed by atoms with van der Waals surface area (Å²) in [6.45, 7) is 4.31. The second-order valence-electron chi connectivity index (χ2n) is 3.92. The van der Waals surface area contributed by atoms with Crippen molar-refractivity contribution >= 4 is 22.9 Å². The van der Waals surface area contributed by atoms with E-state index in [-0.39, 0.29) is 0 Å². The van der Waals surface area contributed by atoms with Crippen LogP contribution < -0.4 is 5.73 Å². The summed E-state index contributed by atoms with van der Waals surface area (Å²) in [7, 11) is 0. The molecule has 1 saturated heterocycles. The average Bonchev–Trinajstić information content (AvgIpc) is 2.55. The summed E-state index contributed by atoms with van der Waals surface area (Å²) in [5.41, 5.74) is 5.88. The van der Waals surface area contributed by atoms with Crippen LogP contribution in [0.4, 0.5) is 0 Å². The van der Waals surface area contributed by atoms with Gasteiger partial charge in [0.15, 0.2) is 0 Å². The molecular formula is C11H17ClN2OS. The maximum atomic E-state index is 5.96. The highest BCUT2D eigenvalue weighted by Crippen LogP contribution is 2.29. The summed E-state index contributed by atoms with van der Waals surface area (Å²) < 4.78 is 5.46. The Bertz CT molecular complexity index is 324. The van der Waals surface area contributed by atoms with Crippen LogP contribution in [0.15, 0.2) is 11.4 Å². The van der Waals surface area contributed by atoms with Gasteiger partial charge >= 0.3 is 0 Å². The quantitative estimate of drug-likeness (QED) is 0.905. The van der Waals surface area contributed by atoms with Crippen LogP contribution in [0.1, 0.15) is 17.3 Å². The van der Waals surface area contributed by atoms with E-state index in [1.807, 2.05) is 11.4 Å². The Morgan fingerprint density at radius 2 is 2.38 bits per heavy atom. The fourth-order valence-corrected chi connectivity index (χ4v) is 3.26. The van der Waals surface area contributed by atoms with Crippen molar-refractivity contribution in [3.05, 3.63) is 21.3 Å². The lowest BCUT2D eigenvalue weighted by molar-refractivity contribution is 0.133. The zero-order valence-corrected chi connectivity index (χ0v) is 10.8. The Labute approximate surface area is 105 Å². The van der Waals surface area contributed by atoms with Crippen molar-refractivity contribution in [2.45, 2.75) is 12.5 Å². The van der Waals surface area contributed by atoms with E-state index >= 15 is 0 Å². The van der Waals surface area contributed by atoms with Crippen molar-refractivity contribution < 1.29 is 4.74 Å². The minimum Gasteiger partial charge on any atom is -0.380 e. The van der Waals surface area contributed by atoms with Gasteiger partial charge in [-0.05, 0) is 12.5 Å². The molecule has 0 amide bonds. The van der Waals surface area contributed by atoms with E-state index in [1.165, 1.54) is 4.88 Å². The predicted octanol–water partition coefficient (Wildman–Crippen LogP) is 2.12. The second-order valence-corrected chi connectivity index (χ2v) is 5.30. The van der Waals surface area contributed by atoms with Gasteiger partial charge in [-0.1, -0.05) is 11.6 Å². The first kappa shape index (κ1) is 12.3. The Morgan fingerprint density at radius 3 is 3.06 bits per heavy atom. The van der Waals surface area contributed by atoms with Crippen LogP contribution in [0, 0.1) is 0 Å². The molecule has 0 aliphatic carbocycles. The lowest BCUT2D eigenvalue weighted by Gasteiger charge is -2.28. The molecular weight excluding hydrogens is 244 g/mol. The van der Waals surface area contributed by atoms with Gasteiger partial charge in [0.1, 0.15) is 0 Å². The Balaban J connectivity index is 2.08. The molecule has 16 heavy (non-hydrogen) atoms. The topological polar surface area (TPSA) is 38.5 Å². The first-order valence-corrected chi connectivity index (χ1v) is 6.83. The third-order valence-corrected chi connectivity index (χ3v) is 4.22. The van der Waals surface area contributed by atoms with Crippen LogP contribution in [0.3, 0.4) is 0 Å². The first-order chi connectivity index (χ1) is 7.81. The van der Waals surface area contributed by atoms with Gasteiger partial charge in [0.25, 0.3) is 0 Å². The van der Waals surface area contributed by atoms with Crippen molar-refractivity contribution in [2.75, 3.05) is 32.8 Å². The molecule has 1 fully saturated rings. The van der Waals surface area contributed by atoms with Gasteiger partial charge in [-0.2, -0.15) is 0 Å². The predicted molar refractivity (Wildman–Crippen MR) is 68.1 cm³/mol. The highest BCUT2D eigenvalue weighted by atomic mass is 35.5. The molecule has 0 saturated carbocycles. The van der Waals surface area contributed by atoms with Crippen molar-refractivity contribution in [3.8, 4) is 0 Å². The molecule has 90 valence electrons. The number of nitrogens with zero attached hydrogens (tertiary/aromatic N) is 1. The Morgan fingerprint density at radius 1 is 1.50 bits per heavy atom. The van der Waals surface area contributed by atoms with Crippen molar-refractivity contribution in [1.82, 2.24) is 4.90 Å². The second kappa shape index (κ2) is 5.98.